The van der Waals surface area contributed by atoms with Gasteiger partial charge < -0.3 is 0 Å². The van der Waals surface area contributed by atoms with E-state index in [0.717, 1.165) is 18.7 Å². The minimum Gasteiger partial charge on any atom is -0.291 e. The predicted molar refractivity (Wildman–Crippen MR) is 41.3 cm³/mol. The average molecular weight is 143 g/mol. The average Bonchev–Trinajstić information content (AvgIpc) is 1.88. The van der Waals surface area contributed by atoms with Crippen LogP contribution in [0.15, 0.2) is 4.99 Å². The van der Waals surface area contributed by atoms with Crippen LogP contribution in [-0.2, 0) is 0 Å². The quantitative estimate of drug-likeness (QED) is 0.533. The molecule has 0 radical (unpaired) electrons. The Hall–Kier alpha value is -0.400. The molecule has 0 aliphatic carbocycles. The van der Waals surface area contributed by atoms with E-state index in [-0.39, 0.29) is 5.92 Å². The third-order valence-electron chi connectivity index (χ3n) is 1.82. The van der Waals surface area contributed by atoms with Gasteiger partial charge in [0.15, 0.2) is 0 Å². The van der Waals surface area contributed by atoms with Gasteiger partial charge in [0, 0.05) is 12.3 Å². The van der Waals surface area contributed by atoms with Gasteiger partial charge >= 0.3 is 0 Å². The number of aliphatic imine (C=N–C) groups is 1. The van der Waals surface area contributed by atoms with Crippen LogP contribution < -0.4 is 0 Å². The minimum absolute atomic E-state index is 0.287. The van der Waals surface area contributed by atoms with Crippen LogP contribution in [0.25, 0.3) is 0 Å². The molecule has 1 aliphatic rings. The number of rotatable bonds is 1. The molecule has 0 N–H and O–H groups in total. The van der Waals surface area contributed by atoms with E-state index >= 15 is 0 Å². The molecule has 0 saturated heterocycles. The molecule has 0 saturated carbocycles. The van der Waals surface area contributed by atoms with Crippen LogP contribution >= 0.6 is 0 Å². The van der Waals surface area contributed by atoms with Gasteiger partial charge in [-0.3, -0.25) is 4.99 Å². The summed E-state index contributed by atoms with van der Waals surface area (Å²) >= 11 is 0. The molecule has 1 heterocycles. The van der Waals surface area contributed by atoms with Crippen molar-refractivity contribution < 1.29 is 4.39 Å². The molecule has 10 heavy (non-hydrogen) atoms. The lowest BCUT2D eigenvalue weighted by Crippen LogP contribution is -2.25. The molecule has 1 rings (SSSR count). The van der Waals surface area contributed by atoms with Gasteiger partial charge in [0.2, 0.25) is 0 Å². The van der Waals surface area contributed by atoms with Gasteiger partial charge in [0.25, 0.3) is 0 Å². The van der Waals surface area contributed by atoms with Crippen LogP contribution in [-0.4, -0.2) is 18.4 Å². The van der Waals surface area contributed by atoms with Crippen molar-refractivity contribution in [3.05, 3.63) is 0 Å². The first-order valence-corrected chi connectivity index (χ1v) is 3.90. The van der Waals surface area contributed by atoms with Crippen molar-refractivity contribution in [2.45, 2.75) is 32.9 Å². The zero-order valence-electron chi connectivity index (χ0n) is 6.60. The lowest BCUT2D eigenvalue weighted by atomic mass is 9.98. The summed E-state index contributed by atoms with van der Waals surface area (Å²) in [6.07, 6.45) is 0.836. The van der Waals surface area contributed by atoms with Gasteiger partial charge in [-0.1, -0.05) is 13.8 Å². The smallest absolute Gasteiger partial charge is 0.138 e. The first-order chi connectivity index (χ1) is 4.72. The van der Waals surface area contributed by atoms with Crippen LogP contribution in [0.5, 0.6) is 0 Å². The normalized spacial score (nSPS) is 26.8. The highest BCUT2D eigenvalue weighted by molar-refractivity contribution is 5.90. The van der Waals surface area contributed by atoms with Crippen LogP contribution in [0.1, 0.15) is 26.7 Å². The predicted octanol–water partition coefficient (Wildman–Crippen LogP) is 2.22. The molecular formula is C8H14FN. The number of hydrogen-bond acceptors (Lipinski definition) is 1. The summed E-state index contributed by atoms with van der Waals surface area (Å²) in [5.74, 6) is 0.287. The second kappa shape index (κ2) is 3.13. The Kier molecular flexibility index (Phi) is 2.41. The molecule has 0 aromatic heterocycles. The maximum atomic E-state index is 13.0. The zero-order valence-corrected chi connectivity index (χ0v) is 6.60. The van der Waals surface area contributed by atoms with Crippen LogP contribution in [0.4, 0.5) is 4.39 Å². The zero-order chi connectivity index (χ0) is 7.56. The van der Waals surface area contributed by atoms with E-state index in [2.05, 4.69) is 4.99 Å². The molecule has 0 aromatic carbocycles. The maximum Gasteiger partial charge on any atom is 0.138 e. The highest BCUT2D eigenvalue weighted by atomic mass is 19.1. The number of alkyl halides is 1. The van der Waals surface area contributed by atoms with Crippen molar-refractivity contribution in [2.75, 3.05) is 6.54 Å². The highest BCUT2D eigenvalue weighted by Gasteiger charge is 2.20. The van der Waals surface area contributed by atoms with Crippen LogP contribution in [0.3, 0.4) is 0 Å². The summed E-state index contributed by atoms with van der Waals surface area (Å²) in [4.78, 5) is 4.15. The molecule has 1 nitrogen and oxygen atoms in total. The van der Waals surface area contributed by atoms with Crippen molar-refractivity contribution in [3.8, 4) is 0 Å². The van der Waals surface area contributed by atoms with Crippen molar-refractivity contribution >= 4 is 5.71 Å². The fourth-order valence-corrected chi connectivity index (χ4v) is 1.27. The van der Waals surface area contributed by atoms with Gasteiger partial charge in [-0.05, 0) is 18.8 Å². The van der Waals surface area contributed by atoms with E-state index in [1.807, 2.05) is 13.8 Å². The van der Waals surface area contributed by atoms with Crippen LogP contribution in [0.2, 0.25) is 0 Å². The molecule has 1 atom stereocenters. The third-order valence-corrected chi connectivity index (χ3v) is 1.82. The van der Waals surface area contributed by atoms with Gasteiger partial charge in [-0.2, -0.15) is 0 Å². The van der Waals surface area contributed by atoms with Gasteiger partial charge in [-0.15, -0.1) is 0 Å². The Morgan fingerprint density at radius 1 is 1.60 bits per heavy atom. The van der Waals surface area contributed by atoms with E-state index in [0.29, 0.717) is 6.42 Å². The molecule has 0 amide bonds. The molecule has 0 bridgehead atoms. The van der Waals surface area contributed by atoms with Crippen molar-refractivity contribution in [3.63, 3.8) is 0 Å². The Labute approximate surface area is 61.3 Å². The molecule has 0 fully saturated rings. The van der Waals surface area contributed by atoms with E-state index < -0.39 is 6.17 Å². The third kappa shape index (κ3) is 1.55. The monoisotopic (exact) mass is 143 g/mol. The summed E-state index contributed by atoms with van der Waals surface area (Å²) in [5.41, 5.74) is 0.770. The topological polar surface area (TPSA) is 12.4 Å². The summed E-state index contributed by atoms with van der Waals surface area (Å²) < 4.78 is 13.0. The van der Waals surface area contributed by atoms with E-state index in [1.165, 1.54) is 0 Å². The van der Waals surface area contributed by atoms with Gasteiger partial charge in [-0.25, -0.2) is 4.39 Å². The Morgan fingerprint density at radius 2 is 2.30 bits per heavy atom. The lowest BCUT2D eigenvalue weighted by Gasteiger charge is -2.18. The van der Waals surface area contributed by atoms with E-state index in [9.17, 15) is 4.39 Å². The highest BCUT2D eigenvalue weighted by Crippen LogP contribution is 2.15. The fourth-order valence-electron chi connectivity index (χ4n) is 1.27. The molecule has 2 heteroatoms. The summed E-state index contributed by atoms with van der Waals surface area (Å²) in [6, 6.07) is 0. The first-order valence-electron chi connectivity index (χ1n) is 3.90. The van der Waals surface area contributed by atoms with Crippen LogP contribution in [0, 0.1) is 5.92 Å². The van der Waals surface area contributed by atoms with Gasteiger partial charge in [0.05, 0.1) is 0 Å². The molecule has 1 unspecified atom stereocenters. The summed E-state index contributed by atoms with van der Waals surface area (Å²) in [5, 5.41) is 0. The summed E-state index contributed by atoms with van der Waals surface area (Å²) in [6.45, 7) is 4.82. The first kappa shape index (κ1) is 7.70. The summed E-state index contributed by atoms with van der Waals surface area (Å²) in [7, 11) is 0. The van der Waals surface area contributed by atoms with Crippen molar-refractivity contribution in [1.29, 1.82) is 0 Å². The van der Waals surface area contributed by atoms with E-state index in [4.69, 9.17) is 0 Å². The Bertz CT molecular complexity index is 140. The Morgan fingerprint density at radius 3 is 2.70 bits per heavy atom. The fraction of sp³-hybridized carbons (Fsp3) is 0.875. The van der Waals surface area contributed by atoms with Gasteiger partial charge in [0.1, 0.15) is 6.17 Å². The standard InChI is InChI=1S/C8H14FN/c1-6(2)8-7(9)4-3-5-10-8/h6-7H,3-5H2,1-2H3. The molecular weight excluding hydrogens is 129 g/mol. The minimum atomic E-state index is -0.756. The lowest BCUT2D eigenvalue weighted by molar-refractivity contribution is 0.372. The van der Waals surface area contributed by atoms with Crippen molar-refractivity contribution in [1.82, 2.24) is 0 Å². The number of hydrogen-bond donors (Lipinski definition) is 0. The molecule has 0 aromatic rings. The Balaban J connectivity index is 2.61. The van der Waals surface area contributed by atoms with Crippen molar-refractivity contribution in [2.24, 2.45) is 10.9 Å². The SMILES string of the molecule is CC(C)C1=NCCCC1F. The molecule has 1 aliphatic heterocycles. The molecule has 0 spiro atoms. The second-order valence-electron chi connectivity index (χ2n) is 3.07. The second-order valence-corrected chi connectivity index (χ2v) is 3.07. The number of nitrogens with zero attached hydrogens (tertiary/aromatic N) is 1. The largest absolute Gasteiger partial charge is 0.291 e. The maximum absolute atomic E-state index is 13.0. The number of halogens is 1. The molecule has 58 valence electrons. The van der Waals surface area contributed by atoms with E-state index in [1.54, 1.807) is 0 Å².